The second-order valence-corrected chi connectivity index (χ2v) is 7.04. The minimum absolute atomic E-state index is 0.201. The molecule has 3 rings (SSSR count). The van der Waals surface area contributed by atoms with Crippen molar-refractivity contribution < 1.29 is 13.2 Å². The number of methoxy groups -OCH3 is 1. The third-order valence-corrected chi connectivity index (χ3v) is 4.93. The minimum atomic E-state index is -3.85. The van der Waals surface area contributed by atoms with Gasteiger partial charge in [-0.05, 0) is 34.1 Å². The maximum atomic E-state index is 12.3. The lowest BCUT2D eigenvalue weighted by atomic mass is 10.2. The quantitative estimate of drug-likeness (QED) is 0.730. The first kappa shape index (κ1) is 15.6. The molecule has 0 atom stereocenters. The molecule has 23 heavy (non-hydrogen) atoms. The Labute approximate surface area is 140 Å². The summed E-state index contributed by atoms with van der Waals surface area (Å²) in [6, 6.07) is 10.0. The molecule has 0 aliphatic heterocycles. The largest absolute Gasteiger partial charge is 0.480 e. The highest BCUT2D eigenvalue weighted by Gasteiger charge is 2.17. The van der Waals surface area contributed by atoms with Crippen molar-refractivity contribution in [1.29, 1.82) is 0 Å². The summed E-state index contributed by atoms with van der Waals surface area (Å²) in [5.41, 5.74) is 1.09. The summed E-state index contributed by atoms with van der Waals surface area (Å²) in [7, 11) is -2.42. The first-order valence-corrected chi connectivity index (χ1v) is 8.72. The number of sulfonamides is 1. The Morgan fingerprint density at radius 3 is 2.70 bits per heavy atom. The molecule has 2 heterocycles. The van der Waals surface area contributed by atoms with Crippen LogP contribution in [0, 0.1) is 0 Å². The molecule has 0 saturated carbocycles. The third-order valence-electron chi connectivity index (χ3n) is 3.01. The first-order valence-electron chi connectivity index (χ1n) is 6.44. The number of rotatable bonds is 4. The van der Waals surface area contributed by atoms with Gasteiger partial charge in [-0.3, -0.25) is 9.71 Å². The fraction of sp³-hybridized carbons (Fsp3) is 0.0714. The molecule has 0 unspecified atom stereocenters. The second-order valence-electron chi connectivity index (χ2n) is 4.55. The lowest BCUT2D eigenvalue weighted by Crippen LogP contribution is -2.15. The Morgan fingerprint density at radius 2 is 2.00 bits per heavy atom. The smallest absolute Gasteiger partial charge is 0.281 e. The van der Waals surface area contributed by atoms with Gasteiger partial charge in [0.15, 0.2) is 5.03 Å². The van der Waals surface area contributed by atoms with E-state index in [1.165, 1.54) is 25.4 Å². The number of ether oxygens (including phenoxy) is 1. The zero-order chi connectivity index (χ0) is 16.4. The number of hydrogen-bond donors (Lipinski definition) is 1. The molecule has 0 fully saturated rings. The summed E-state index contributed by atoms with van der Waals surface area (Å²) in [6.07, 6.45) is 1.45. The summed E-state index contributed by atoms with van der Waals surface area (Å²) < 4.78 is 32.8. The number of pyridine rings is 1. The van der Waals surface area contributed by atoms with E-state index in [4.69, 9.17) is 4.74 Å². The Kier molecular flexibility index (Phi) is 4.14. The Balaban J connectivity index is 1.93. The Hall–Kier alpha value is -2.26. The van der Waals surface area contributed by atoms with Gasteiger partial charge in [-0.25, -0.2) is 0 Å². The van der Waals surface area contributed by atoms with Crippen LogP contribution in [0.5, 0.6) is 5.88 Å². The van der Waals surface area contributed by atoms with E-state index in [1.54, 1.807) is 6.07 Å². The molecule has 0 amide bonds. The van der Waals surface area contributed by atoms with Crippen LogP contribution >= 0.6 is 15.9 Å². The molecule has 118 valence electrons. The average molecular weight is 395 g/mol. The third kappa shape index (κ3) is 3.25. The van der Waals surface area contributed by atoms with E-state index in [9.17, 15) is 8.42 Å². The molecule has 0 spiro atoms. The van der Waals surface area contributed by atoms with Gasteiger partial charge in [0.05, 0.1) is 24.5 Å². The van der Waals surface area contributed by atoms with Crippen molar-refractivity contribution in [1.82, 2.24) is 15.2 Å². The van der Waals surface area contributed by atoms with Crippen molar-refractivity contribution >= 4 is 42.5 Å². The number of anilines is 1. The van der Waals surface area contributed by atoms with Crippen molar-refractivity contribution in [2.24, 2.45) is 0 Å². The van der Waals surface area contributed by atoms with E-state index in [2.05, 4.69) is 35.8 Å². The van der Waals surface area contributed by atoms with Crippen LogP contribution in [0.15, 0.2) is 52.1 Å². The topological polar surface area (TPSA) is 94.1 Å². The van der Waals surface area contributed by atoms with Gasteiger partial charge in [0.1, 0.15) is 0 Å². The van der Waals surface area contributed by atoms with E-state index in [-0.39, 0.29) is 10.9 Å². The fourth-order valence-electron chi connectivity index (χ4n) is 1.95. The molecular weight excluding hydrogens is 384 g/mol. The van der Waals surface area contributed by atoms with Crippen LogP contribution in [0.2, 0.25) is 0 Å². The highest BCUT2D eigenvalue weighted by Crippen LogP contribution is 2.24. The van der Waals surface area contributed by atoms with Gasteiger partial charge in [-0.2, -0.15) is 8.42 Å². The predicted molar refractivity (Wildman–Crippen MR) is 88.8 cm³/mol. The zero-order valence-electron chi connectivity index (χ0n) is 11.9. The molecule has 7 nitrogen and oxygen atoms in total. The molecular formula is C14H11BrN4O3S. The van der Waals surface area contributed by atoms with E-state index in [0.717, 1.165) is 15.4 Å². The molecule has 1 aromatic carbocycles. The molecule has 3 aromatic rings. The number of fused-ring (bicyclic) bond motifs is 1. The molecule has 9 heteroatoms. The van der Waals surface area contributed by atoms with Crippen LogP contribution in [-0.4, -0.2) is 30.7 Å². The number of benzene rings is 1. The Bertz CT molecular complexity index is 961. The predicted octanol–water partition coefficient (Wildman–Crippen LogP) is 2.60. The van der Waals surface area contributed by atoms with E-state index >= 15 is 0 Å². The second kappa shape index (κ2) is 6.09. The molecule has 0 aliphatic rings. The number of nitrogens with one attached hydrogen (secondary N) is 1. The molecule has 2 aromatic heterocycles. The molecule has 0 saturated heterocycles. The number of hydrogen-bond acceptors (Lipinski definition) is 6. The summed E-state index contributed by atoms with van der Waals surface area (Å²) in [6.45, 7) is 0. The van der Waals surface area contributed by atoms with Crippen molar-refractivity contribution in [2.75, 3.05) is 11.8 Å². The van der Waals surface area contributed by atoms with Crippen molar-refractivity contribution in [2.45, 2.75) is 5.03 Å². The number of nitrogens with zero attached hydrogens (tertiary/aromatic N) is 3. The normalized spacial score (nSPS) is 11.4. The molecule has 0 radical (unpaired) electrons. The highest BCUT2D eigenvalue weighted by atomic mass is 79.9. The van der Waals surface area contributed by atoms with Crippen LogP contribution in [0.3, 0.4) is 0 Å². The van der Waals surface area contributed by atoms with Crippen LogP contribution in [0.25, 0.3) is 10.9 Å². The summed E-state index contributed by atoms with van der Waals surface area (Å²) in [5.74, 6) is 0.237. The number of para-hydroxylation sites is 1. The molecule has 1 N–H and O–H groups in total. The van der Waals surface area contributed by atoms with E-state index in [1.807, 2.05) is 18.2 Å². The summed E-state index contributed by atoms with van der Waals surface area (Å²) in [4.78, 5) is 4.26. The van der Waals surface area contributed by atoms with Gasteiger partial charge in [0, 0.05) is 15.9 Å². The Morgan fingerprint density at radius 1 is 1.17 bits per heavy atom. The standard InChI is InChI=1S/C14H11BrN4O3S/c1-22-12-5-6-13(18-17-12)23(20,21)19-10-7-9-3-2-4-11(15)14(9)16-8-10/h2-8,19H,1H3. The maximum absolute atomic E-state index is 12.3. The lowest BCUT2D eigenvalue weighted by Gasteiger charge is -2.08. The van der Waals surface area contributed by atoms with Gasteiger partial charge in [0.25, 0.3) is 10.0 Å². The van der Waals surface area contributed by atoms with Crippen molar-refractivity contribution in [3.8, 4) is 5.88 Å². The lowest BCUT2D eigenvalue weighted by molar-refractivity contribution is 0.389. The molecule has 0 aliphatic carbocycles. The number of aromatic nitrogens is 3. The van der Waals surface area contributed by atoms with Gasteiger partial charge in [0.2, 0.25) is 5.88 Å². The summed E-state index contributed by atoms with van der Waals surface area (Å²) in [5, 5.41) is 7.90. The van der Waals surface area contributed by atoms with Crippen LogP contribution < -0.4 is 9.46 Å². The van der Waals surface area contributed by atoms with Gasteiger partial charge in [-0.15, -0.1) is 10.2 Å². The summed E-state index contributed by atoms with van der Waals surface area (Å²) >= 11 is 3.40. The van der Waals surface area contributed by atoms with Gasteiger partial charge >= 0.3 is 0 Å². The van der Waals surface area contributed by atoms with Crippen molar-refractivity contribution in [3.63, 3.8) is 0 Å². The van der Waals surface area contributed by atoms with Crippen LogP contribution in [0.1, 0.15) is 0 Å². The minimum Gasteiger partial charge on any atom is -0.480 e. The van der Waals surface area contributed by atoms with E-state index < -0.39 is 10.0 Å². The monoisotopic (exact) mass is 394 g/mol. The fourth-order valence-corrected chi connectivity index (χ4v) is 3.35. The van der Waals surface area contributed by atoms with Crippen LogP contribution in [-0.2, 0) is 10.0 Å². The highest BCUT2D eigenvalue weighted by molar-refractivity contribution is 9.10. The molecule has 0 bridgehead atoms. The van der Waals surface area contributed by atoms with E-state index in [0.29, 0.717) is 5.69 Å². The average Bonchev–Trinajstić information content (AvgIpc) is 2.54. The SMILES string of the molecule is COc1ccc(S(=O)(=O)Nc2cnc3c(Br)cccc3c2)nn1. The van der Waals surface area contributed by atoms with Gasteiger partial charge in [-0.1, -0.05) is 12.1 Å². The first-order chi connectivity index (χ1) is 11.0. The van der Waals surface area contributed by atoms with Crippen molar-refractivity contribution in [3.05, 3.63) is 47.1 Å². The van der Waals surface area contributed by atoms with Crippen LogP contribution in [0.4, 0.5) is 5.69 Å². The maximum Gasteiger partial charge on any atom is 0.281 e. The zero-order valence-corrected chi connectivity index (χ0v) is 14.3. The number of halogens is 1. The van der Waals surface area contributed by atoms with Gasteiger partial charge < -0.3 is 4.74 Å².